The van der Waals surface area contributed by atoms with E-state index in [0.717, 1.165) is 5.57 Å². The van der Waals surface area contributed by atoms with Crippen LogP contribution in [0.3, 0.4) is 0 Å². The smallest absolute Gasteiger partial charge is 0.329 e. The molecule has 0 aliphatic rings. The van der Waals surface area contributed by atoms with E-state index in [4.69, 9.17) is 14.6 Å². The van der Waals surface area contributed by atoms with Crippen LogP contribution < -0.4 is 0 Å². The fourth-order valence-electron chi connectivity index (χ4n) is 1.29. The van der Waals surface area contributed by atoms with Gasteiger partial charge in [0.1, 0.15) is 6.61 Å². The van der Waals surface area contributed by atoms with Gasteiger partial charge in [-0.1, -0.05) is 42.5 Å². The van der Waals surface area contributed by atoms with E-state index in [-0.39, 0.29) is 0 Å². The minimum absolute atomic E-state index is 0.381. The van der Waals surface area contributed by atoms with Crippen LogP contribution in [0.25, 0.3) is 0 Å². The Morgan fingerprint density at radius 2 is 2.00 bits per heavy atom. The molecule has 0 saturated heterocycles. The Labute approximate surface area is 117 Å². The average molecular weight is 276 g/mol. The van der Waals surface area contributed by atoms with Crippen molar-refractivity contribution in [2.24, 2.45) is 0 Å². The highest BCUT2D eigenvalue weighted by Crippen LogP contribution is 2.09. The van der Waals surface area contributed by atoms with Crippen molar-refractivity contribution < 1.29 is 24.2 Å². The lowest BCUT2D eigenvalue weighted by atomic mass is 10.1. The maximum Gasteiger partial charge on any atom is 0.329 e. The average Bonchev–Trinajstić information content (AvgIpc) is 2.42. The largest absolute Gasteiger partial charge is 0.480 e. The summed E-state index contributed by atoms with van der Waals surface area (Å²) < 4.78 is 10.1. The van der Waals surface area contributed by atoms with E-state index in [2.05, 4.69) is 6.58 Å². The maximum atomic E-state index is 12.1. The molecule has 1 aromatic rings. The van der Waals surface area contributed by atoms with E-state index in [9.17, 15) is 9.59 Å². The molecular weight excluding hydrogens is 260 g/mol. The summed E-state index contributed by atoms with van der Waals surface area (Å²) in [6.45, 7) is 4.78. The van der Waals surface area contributed by atoms with Gasteiger partial charge in [0, 0.05) is 5.56 Å². The van der Waals surface area contributed by atoms with Crippen LogP contribution in [-0.4, -0.2) is 29.8 Å². The van der Waals surface area contributed by atoms with Crippen LogP contribution in [0.15, 0.2) is 54.8 Å². The first kappa shape index (κ1) is 15.7. The molecule has 0 bridgehead atoms. The lowest BCUT2D eigenvalue weighted by Gasteiger charge is -2.15. The number of Topliss-reactive ketones (excluding diaryl/α,β-unsaturated/α-hetero) is 1. The Morgan fingerprint density at radius 1 is 1.35 bits per heavy atom. The predicted molar refractivity (Wildman–Crippen MR) is 73.2 cm³/mol. The molecule has 1 unspecified atom stereocenters. The van der Waals surface area contributed by atoms with Crippen molar-refractivity contribution in [3.05, 3.63) is 60.4 Å². The normalized spacial score (nSPS) is 12.1. The molecule has 0 radical (unpaired) electrons. The van der Waals surface area contributed by atoms with Gasteiger partial charge in [-0.05, 0) is 13.0 Å². The first-order chi connectivity index (χ1) is 9.50. The van der Waals surface area contributed by atoms with Crippen LogP contribution in [0, 0.1) is 0 Å². The highest BCUT2D eigenvalue weighted by Gasteiger charge is 2.22. The van der Waals surface area contributed by atoms with Gasteiger partial charge in [0.15, 0.2) is 0 Å². The van der Waals surface area contributed by atoms with E-state index in [1.807, 2.05) is 0 Å². The summed E-state index contributed by atoms with van der Waals surface area (Å²) in [4.78, 5) is 22.7. The van der Waals surface area contributed by atoms with Crippen LogP contribution in [0.2, 0.25) is 0 Å². The van der Waals surface area contributed by atoms with Gasteiger partial charge in [-0.3, -0.25) is 4.79 Å². The molecule has 1 N–H and O–H groups in total. The molecule has 0 saturated carbocycles. The van der Waals surface area contributed by atoms with Gasteiger partial charge >= 0.3 is 5.97 Å². The first-order valence-electron chi connectivity index (χ1n) is 5.91. The van der Waals surface area contributed by atoms with E-state index >= 15 is 0 Å². The van der Waals surface area contributed by atoms with Gasteiger partial charge in [-0.15, -0.1) is 0 Å². The highest BCUT2D eigenvalue weighted by molar-refractivity contribution is 5.98. The van der Waals surface area contributed by atoms with Crippen molar-refractivity contribution in [3.63, 3.8) is 0 Å². The monoisotopic (exact) mass is 276 g/mol. The van der Waals surface area contributed by atoms with Gasteiger partial charge in [0.05, 0.1) is 6.26 Å². The number of ether oxygens (including phenoxy) is 2. The molecule has 1 atom stereocenters. The zero-order valence-corrected chi connectivity index (χ0v) is 11.1. The van der Waals surface area contributed by atoms with E-state index in [1.54, 1.807) is 43.3 Å². The van der Waals surface area contributed by atoms with Crippen molar-refractivity contribution in [1.82, 2.24) is 0 Å². The summed E-state index contributed by atoms with van der Waals surface area (Å²) in [5.41, 5.74) is 1.11. The van der Waals surface area contributed by atoms with Gasteiger partial charge in [0.25, 0.3) is 6.29 Å². The zero-order chi connectivity index (χ0) is 15.0. The fourth-order valence-corrected chi connectivity index (χ4v) is 1.29. The van der Waals surface area contributed by atoms with Crippen molar-refractivity contribution in [1.29, 1.82) is 0 Å². The third-order valence-electron chi connectivity index (χ3n) is 2.19. The number of hydrogen-bond donors (Lipinski definition) is 1. The number of carboxylic acids is 1. The number of carboxylic acid groups (broad SMARTS) is 1. The van der Waals surface area contributed by atoms with E-state index in [1.165, 1.54) is 6.26 Å². The van der Waals surface area contributed by atoms with Crippen LogP contribution >= 0.6 is 0 Å². The lowest BCUT2D eigenvalue weighted by molar-refractivity contribution is -0.151. The SMILES string of the molecule is C=C(C)C=COC(OCC(=O)O)C(=O)c1ccccc1. The van der Waals surface area contributed by atoms with Crippen molar-refractivity contribution >= 4 is 11.8 Å². The van der Waals surface area contributed by atoms with Crippen LogP contribution in [0.4, 0.5) is 0 Å². The number of ketones is 1. The number of carbonyl (C=O) groups excluding carboxylic acids is 1. The molecule has 5 nitrogen and oxygen atoms in total. The van der Waals surface area contributed by atoms with Crippen molar-refractivity contribution in [3.8, 4) is 0 Å². The van der Waals surface area contributed by atoms with E-state index in [0.29, 0.717) is 5.56 Å². The molecule has 0 aromatic heterocycles. The predicted octanol–water partition coefficient (Wildman–Crippen LogP) is 2.40. The third kappa shape index (κ3) is 5.49. The molecule has 0 aliphatic heterocycles. The third-order valence-corrected chi connectivity index (χ3v) is 2.19. The quantitative estimate of drug-likeness (QED) is 0.341. The topological polar surface area (TPSA) is 72.8 Å². The minimum Gasteiger partial charge on any atom is -0.480 e. The number of carbonyl (C=O) groups is 2. The number of aliphatic carboxylic acids is 1. The van der Waals surface area contributed by atoms with Crippen LogP contribution in [0.5, 0.6) is 0 Å². The van der Waals surface area contributed by atoms with Crippen molar-refractivity contribution in [2.75, 3.05) is 6.61 Å². The Hall–Kier alpha value is -2.40. The molecule has 106 valence electrons. The summed E-state index contributed by atoms with van der Waals surface area (Å²) in [6, 6.07) is 8.37. The molecule has 1 aromatic carbocycles. The summed E-state index contributed by atoms with van der Waals surface area (Å²) in [6.07, 6.45) is 1.51. The summed E-state index contributed by atoms with van der Waals surface area (Å²) >= 11 is 0. The molecule has 0 spiro atoms. The summed E-state index contributed by atoms with van der Waals surface area (Å²) in [7, 11) is 0. The molecule has 1 rings (SSSR count). The van der Waals surface area contributed by atoms with Crippen molar-refractivity contribution in [2.45, 2.75) is 13.2 Å². The molecular formula is C15H16O5. The van der Waals surface area contributed by atoms with E-state index < -0.39 is 24.6 Å². The molecule has 5 heteroatoms. The Balaban J connectivity index is 2.77. The van der Waals surface area contributed by atoms with Crippen LogP contribution in [-0.2, 0) is 14.3 Å². The lowest BCUT2D eigenvalue weighted by Crippen LogP contribution is -2.28. The molecule has 0 aliphatic carbocycles. The molecule has 0 amide bonds. The Morgan fingerprint density at radius 3 is 2.55 bits per heavy atom. The second-order valence-corrected chi connectivity index (χ2v) is 4.05. The Bertz CT molecular complexity index is 504. The molecule has 20 heavy (non-hydrogen) atoms. The van der Waals surface area contributed by atoms with Crippen LogP contribution in [0.1, 0.15) is 17.3 Å². The highest BCUT2D eigenvalue weighted by atomic mass is 16.7. The van der Waals surface area contributed by atoms with Gasteiger partial charge < -0.3 is 14.6 Å². The minimum atomic E-state index is -1.30. The summed E-state index contributed by atoms with van der Waals surface area (Å²) in [5, 5.41) is 8.60. The standard InChI is InChI=1S/C15H16O5/c1-11(2)8-9-19-15(20-10-13(16)17)14(18)12-6-4-3-5-7-12/h3-9,15H,1,10H2,2H3,(H,16,17). The number of rotatable bonds is 8. The maximum absolute atomic E-state index is 12.1. The van der Waals surface area contributed by atoms with Gasteiger partial charge in [0.2, 0.25) is 5.78 Å². The second kappa shape index (κ2) is 7.91. The summed E-state index contributed by atoms with van der Waals surface area (Å²) in [5.74, 6) is -1.62. The Kier molecular flexibility index (Phi) is 6.19. The first-order valence-corrected chi connectivity index (χ1v) is 5.91. The molecule has 0 fully saturated rings. The number of benzene rings is 1. The van der Waals surface area contributed by atoms with Gasteiger partial charge in [-0.2, -0.15) is 0 Å². The zero-order valence-electron chi connectivity index (χ0n) is 11.1. The second-order valence-electron chi connectivity index (χ2n) is 4.05. The fraction of sp³-hybridized carbons (Fsp3) is 0.200. The van der Waals surface area contributed by atoms with Gasteiger partial charge in [-0.25, -0.2) is 4.79 Å². The molecule has 0 heterocycles. The number of hydrogen-bond acceptors (Lipinski definition) is 4. The number of allylic oxidation sites excluding steroid dienone is 2.